The van der Waals surface area contributed by atoms with Crippen LogP contribution >= 0.6 is 0 Å². The average Bonchev–Trinajstić information content (AvgIpc) is 2.89. The summed E-state index contributed by atoms with van der Waals surface area (Å²) < 4.78 is 16.3. The number of phenols is 2. The summed E-state index contributed by atoms with van der Waals surface area (Å²) in [5.41, 5.74) is 1.17. The lowest BCUT2D eigenvalue weighted by atomic mass is 10.1. The molecule has 3 rings (SSSR count). The smallest absolute Gasteiger partial charge is 0.142 e. The number of benzene rings is 2. The number of phenolic OH excluding ortho intramolecular Hbond substituents is 2. The van der Waals surface area contributed by atoms with Crippen LogP contribution in [0.5, 0.6) is 23.0 Å². The van der Waals surface area contributed by atoms with Crippen molar-refractivity contribution in [2.45, 2.75) is 0 Å². The zero-order valence-corrected chi connectivity index (χ0v) is 11.6. The first kappa shape index (κ1) is 13.2. The van der Waals surface area contributed by atoms with Gasteiger partial charge in [-0.25, -0.2) is 0 Å². The minimum atomic E-state index is -0.0324. The summed E-state index contributed by atoms with van der Waals surface area (Å²) >= 11 is 0. The molecule has 0 saturated heterocycles. The first-order valence-corrected chi connectivity index (χ1v) is 6.29. The fourth-order valence-corrected chi connectivity index (χ4v) is 2.25. The van der Waals surface area contributed by atoms with Crippen molar-refractivity contribution in [1.29, 1.82) is 0 Å². The third-order valence-corrected chi connectivity index (χ3v) is 3.22. The van der Waals surface area contributed by atoms with Gasteiger partial charge in [0.15, 0.2) is 0 Å². The Labute approximate surface area is 121 Å². The Morgan fingerprint density at radius 3 is 2.19 bits per heavy atom. The number of hydrogen-bond donors (Lipinski definition) is 2. The van der Waals surface area contributed by atoms with Gasteiger partial charge in [0.05, 0.1) is 19.6 Å². The van der Waals surface area contributed by atoms with Gasteiger partial charge in [-0.05, 0) is 18.2 Å². The number of rotatable bonds is 3. The second kappa shape index (κ2) is 4.94. The lowest BCUT2D eigenvalue weighted by Gasteiger charge is -2.04. The summed E-state index contributed by atoms with van der Waals surface area (Å²) in [5, 5.41) is 19.9. The molecule has 2 aromatic carbocycles. The van der Waals surface area contributed by atoms with Gasteiger partial charge in [0.1, 0.15) is 34.3 Å². The Morgan fingerprint density at radius 2 is 1.57 bits per heavy atom. The Morgan fingerprint density at radius 1 is 0.857 bits per heavy atom. The molecule has 5 heteroatoms. The first-order chi connectivity index (χ1) is 10.1. The summed E-state index contributed by atoms with van der Waals surface area (Å²) in [4.78, 5) is 0. The quantitative estimate of drug-likeness (QED) is 0.770. The molecule has 108 valence electrons. The molecule has 0 aliphatic rings. The lowest BCUT2D eigenvalue weighted by Crippen LogP contribution is -1.86. The maximum absolute atomic E-state index is 9.57. The van der Waals surface area contributed by atoms with E-state index in [2.05, 4.69) is 0 Å². The van der Waals surface area contributed by atoms with Crippen LogP contribution in [0.15, 0.2) is 40.8 Å². The van der Waals surface area contributed by atoms with Gasteiger partial charge < -0.3 is 24.1 Å². The van der Waals surface area contributed by atoms with Gasteiger partial charge in [-0.3, -0.25) is 0 Å². The first-order valence-electron chi connectivity index (χ1n) is 6.29. The molecule has 5 nitrogen and oxygen atoms in total. The maximum atomic E-state index is 9.57. The summed E-state index contributed by atoms with van der Waals surface area (Å²) in [6.45, 7) is 0. The van der Waals surface area contributed by atoms with Crippen molar-refractivity contribution in [1.82, 2.24) is 0 Å². The van der Waals surface area contributed by atoms with Gasteiger partial charge in [-0.2, -0.15) is 0 Å². The summed E-state index contributed by atoms with van der Waals surface area (Å²) in [7, 11) is 3.14. The molecule has 0 saturated carbocycles. The van der Waals surface area contributed by atoms with Gasteiger partial charge >= 0.3 is 0 Å². The highest BCUT2D eigenvalue weighted by molar-refractivity contribution is 5.89. The predicted octanol–water partition coefficient (Wildman–Crippen LogP) is 3.53. The largest absolute Gasteiger partial charge is 0.508 e. The Bertz CT molecular complexity index is 784. The van der Waals surface area contributed by atoms with Gasteiger partial charge in [0.25, 0.3) is 0 Å². The van der Waals surface area contributed by atoms with Crippen LogP contribution in [0.4, 0.5) is 0 Å². The lowest BCUT2D eigenvalue weighted by molar-refractivity contribution is 0.397. The Kier molecular flexibility index (Phi) is 3.10. The van der Waals surface area contributed by atoms with E-state index in [1.54, 1.807) is 32.4 Å². The van der Waals surface area contributed by atoms with Crippen LogP contribution in [-0.4, -0.2) is 24.4 Å². The van der Waals surface area contributed by atoms with E-state index in [1.165, 1.54) is 18.2 Å². The van der Waals surface area contributed by atoms with E-state index in [9.17, 15) is 10.2 Å². The molecule has 0 atom stereocenters. The zero-order chi connectivity index (χ0) is 15.0. The predicted molar refractivity (Wildman–Crippen MR) is 78.1 cm³/mol. The zero-order valence-electron chi connectivity index (χ0n) is 11.6. The van der Waals surface area contributed by atoms with E-state index in [4.69, 9.17) is 13.9 Å². The fraction of sp³-hybridized carbons (Fsp3) is 0.125. The molecule has 1 heterocycles. The highest BCUT2D eigenvalue weighted by atomic mass is 16.5. The minimum absolute atomic E-state index is 0.0324. The summed E-state index contributed by atoms with van der Waals surface area (Å²) in [6, 6.07) is 9.60. The van der Waals surface area contributed by atoms with Crippen LogP contribution in [0, 0.1) is 0 Å². The number of aromatic hydroxyl groups is 2. The van der Waals surface area contributed by atoms with Gasteiger partial charge in [-0.1, -0.05) is 0 Å². The van der Waals surface area contributed by atoms with E-state index >= 15 is 0 Å². The minimum Gasteiger partial charge on any atom is -0.508 e. The molecule has 0 spiro atoms. The van der Waals surface area contributed by atoms with Crippen molar-refractivity contribution in [3.63, 3.8) is 0 Å². The number of ether oxygens (including phenoxy) is 2. The molecule has 0 aliphatic carbocycles. The van der Waals surface area contributed by atoms with E-state index in [0.29, 0.717) is 28.4 Å². The number of hydrogen-bond acceptors (Lipinski definition) is 5. The van der Waals surface area contributed by atoms with Crippen LogP contribution in [0.1, 0.15) is 0 Å². The van der Waals surface area contributed by atoms with Crippen molar-refractivity contribution >= 4 is 11.0 Å². The van der Waals surface area contributed by atoms with Crippen molar-refractivity contribution in [2.24, 2.45) is 0 Å². The molecular weight excluding hydrogens is 272 g/mol. The summed E-state index contributed by atoms with van der Waals surface area (Å²) in [6.07, 6.45) is 0. The van der Waals surface area contributed by atoms with E-state index in [-0.39, 0.29) is 11.5 Å². The van der Waals surface area contributed by atoms with Crippen molar-refractivity contribution in [2.75, 3.05) is 14.2 Å². The van der Waals surface area contributed by atoms with Gasteiger partial charge in [0.2, 0.25) is 0 Å². The van der Waals surface area contributed by atoms with Crippen LogP contribution in [0.25, 0.3) is 22.3 Å². The van der Waals surface area contributed by atoms with E-state index in [1.807, 2.05) is 0 Å². The van der Waals surface area contributed by atoms with Crippen molar-refractivity contribution in [3.8, 4) is 34.3 Å². The molecule has 3 aromatic rings. The molecule has 1 aromatic heterocycles. The second-order valence-electron chi connectivity index (χ2n) is 4.59. The molecule has 0 bridgehead atoms. The topological polar surface area (TPSA) is 72.1 Å². The highest BCUT2D eigenvalue weighted by Crippen LogP contribution is 2.38. The Balaban J connectivity index is 2.20. The van der Waals surface area contributed by atoms with Gasteiger partial charge in [-0.15, -0.1) is 0 Å². The van der Waals surface area contributed by atoms with Crippen LogP contribution in [0.2, 0.25) is 0 Å². The molecule has 0 aliphatic heterocycles. The van der Waals surface area contributed by atoms with Crippen LogP contribution in [0.3, 0.4) is 0 Å². The number of methoxy groups -OCH3 is 2. The van der Waals surface area contributed by atoms with Crippen molar-refractivity contribution < 1.29 is 24.1 Å². The molecule has 0 amide bonds. The Hall–Kier alpha value is -2.82. The SMILES string of the molecule is COc1cc(OC)c2cc(-c3cc(O)cc(O)c3)oc2c1. The van der Waals surface area contributed by atoms with Crippen LogP contribution < -0.4 is 9.47 Å². The van der Waals surface area contributed by atoms with Gasteiger partial charge in [0, 0.05) is 23.8 Å². The van der Waals surface area contributed by atoms with Crippen LogP contribution in [-0.2, 0) is 0 Å². The van der Waals surface area contributed by atoms with E-state index < -0.39 is 0 Å². The second-order valence-corrected chi connectivity index (χ2v) is 4.59. The monoisotopic (exact) mass is 286 g/mol. The van der Waals surface area contributed by atoms with Crippen molar-refractivity contribution in [3.05, 3.63) is 36.4 Å². The molecule has 21 heavy (non-hydrogen) atoms. The van der Waals surface area contributed by atoms with E-state index in [0.717, 1.165) is 5.39 Å². The molecule has 2 N–H and O–H groups in total. The highest BCUT2D eigenvalue weighted by Gasteiger charge is 2.13. The number of fused-ring (bicyclic) bond motifs is 1. The normalized spacial score (nSPS) is 10.8. The standard InChI is InChI=1S/C16H14O5/c1-19-12-6-15(20-2)13-8-14(21-16(13)7-12)9-3-10(17)5-11(18)4-9/h3-8,17-18H,1-2H3. The maximum Gasteiger partial charge on any atom is 0.142 e. The third-order valence-electron chi connectivity index (χ3n) is 3.22. The number of furan rings is 1. The summed E-state index contributed by atoms with van der Waals surface area (Å²) in [5.74, 6) is 1.70. The fourth-order valence-electron chi connectivity index (χ4n) is 2.25. The third kappa shape index (κ3) is 2.33. The molecule has 0 radical (unpaired) electrons. The molecule has 0 fully saturated rings. The molecular formula is C16H14O5. The molecule has 0 unspecified atom stereocenters. The average molecular weight is 286 g/mol.